The second kappa shape index (κ2) is 10.6. The normalized spacial score (nSPS) is 14.4. The van der Waals surface area contributed by atoms with E-state index in [9.17, 15) is 14.0 Å². The molecule has 198 valence electrons. The Morgan fingerprint density at radius 2 is 1.92 bits per heavy atom. The summed E-state index contributed by atoms with van der Waals surface area (Å²) in [5.41, 5.74) is 1.51. The number of amides is 1. The molecule has 5 rings (SSSR count). The highest BCUT2D eigenvalue weighted by molar-refractivity contribution is 7.22. The lowest BCUT2D eigenvalue weighted by Gasteiger charge is -2.34. The number of hydrogen-bond acceptors (Lipinski definition) is 8. The zero-order valence-corrected chi connectivity index (χ0v) is 22.7. The van der Waals surface area contributed by atoms with Crippen molar-refractivity contribution in [2.45, 2.75) is 26.7 Å². The number of pyridine rings is 2. The fourth-order valence-electron chi connectivity index (χ4n) is 4.57. The summed E-state index contributed by atoms with van der Waals surface area (Å²) in [5, 5.41) is 3.54. The summed E-state index contributed by atoms with van der Waals surface area (Å²) in [7, 11) is 1.72. The van der Waals surface area contributed by atoms with E-state index in [-0.39, 0.29) is 29.0 Å². The van der Waals surface area contributed by atoms with Gasteiger partial charge in [0, 0.05) is 50.3 Å². The highest BCUT2D eigenvalue weighted by Crippen LogP contribution is 2.36. The van der Waals surface area contributed by atoms with Crippen molar-refractivity contribution in [1.82, 2.24) is 29.3 Å². The molecule has 5 heterocycles. The summed E-state index contributed by atoms with van der Waals surface area (Å²) >= 11 is 1.35. The number of anilines is 2. The number of carbonyl (C=O) groups is 1. The summed E-state index contributed by atoms with van der Waals surface area (Å²) in [5.74, 6) is 0.171. The maximum Gasteiger partial charge on any atom is 0.259 e. The molecule has 0 bridgehead atoms. The van der Waals surface area contributed by atoms with Gasteiger partial charge in [-0.25, -0.2) is 19.3 Å². The summed E-state index contributed by atoms with van der Waals surface area (Å²) in [6.07, 6.45) is 4.46. The second-order valence-corrected chi connectivity index (χ2v) is 10.7. The summed E-state index contributed by atoms with van der Waals surface area (Å²) in [6, 6.07) is 5.09. The first kappa shape index (κ1) is 25.9. The number of fused-ring (bicyclic) bond motifs is 1. The number of piperazine rings is 1. The average Bonchev–Trinajstić information content (AvgIpc) is 3.37. The van der Waals surface area contributed by atoms with Crippen molar-refractivity contribution in [2.75, 3.05) is 38.0 Å². The maximum atomic E-state index is 14.8. The van der Waals surface area contributed by atoms with Crippen LogP contribution in [0.4, 0.5) is 16.2 Å². The van der Waals surface area contributed by atoms with Gasteiger partial charge in [-0.05, 0) is 36.2 Å². The van der Waals surface area contributed by atoms with E-state index >= 15 is 0 Å². The van der Waals surface area contributed by atoms with Gasteiger partial charge in [-0.15, -0.1) is 11.3 Å². The molecular formula is C27H30FN7O2S. The number of nitrogens with one attached hydrogen (secondary N) is 1. The molecule has 1 aliphatic heterocycles. The van der Waals surface area contributed by atoms with E-state index in [1.54, 1.807) is 29.8 Å². The fraction of sp³-hybridized carbons (Fsp3) is 0.370. The molecule has 0 aromatic carbocycles. The Labute approximate surface area is 224 Å². The van der Waals surface area contributed by atoms with E-state index in [1.807, 2.05) is 11.1 Å². The average molecular weight is 536 g/mol. The van der Waals surface area contributed by atoms with E-state index in [1.165, 1.54) is 17.5 Å². The molecule has 1 aliphatic rings. The minimum Gasteiger partial charge on any atom is -0.336 e. The van der Waals surface area contributed by atoms with Crippen LogP contribution in [0.1, 0.15) is 42.6 Å². The molecule has 0 saturated carbocycles. The molecule has 1 N–H and O–H groups in total. The predicted octanol–water partition coefficient (Wildman–Crippen LogP) is 4.24. The van der Waals surface area contributed by atoms with E-state index in [4.69, 9.17) is 0 Å². The topological polar surface area (TPSA) is 96.2 Å². The number of rotatable bonds is 6. The van der Waals surface area contributed by atoms with Crippen LogP contribution in [-0.4, -0.2) is 67.9 Å². The molecule has 1 fully saturated rings. The number of aromatic nitrogens is 4. The van der Waals surface area contributed by atoms with Gasteiger partial charge in [0.05, 0.1) is 22.0 Å². The van der Waals surface area contributed by atoms with Gasteiger partial charge in [0.25, 0.3) is 11.5 Å². The first-order valence-corrected chi connectivity index (χ1v) is 13.5. The largest absolute Gasteiger partial charge is 0.336 e. The van der Waals surface area contributed by atoms with E-state index in [0.717, 1.165) is 36.1 Å². The van der Waals surface area contributed by atoms with Crippen molar-refractivity contribution >= 4 is 39.1 Å². The smallest absolute Gasteiger partial charge is 0.259 e. The number of halogens is 1. The Morgan fingerprint density at radius 3 is 2.58 bits per heavy atom. The number of nitrogens with zero attached hydrogens (tertiary/aromatic N) is 6. The molecule has 0 radical (unpaired) electrons. The van der Waals surface area contributed by atoms with Gasteiger partial charge in [0.2, 0.25) is 5.95 Å². The third-order valence-electron chi connectivity index (χ3n) is 6.83. The Kier molecular flexibility index (Phi) is 7.22. The van der Waals surface area contributed by atoms with Crippen LogP contribution < -0.4 is 10.9 Å². The Balaban J connectivity index is 1.37. The van der Waals surface area contributed by atoms with Gasteiger partial charge in [-0.1, -0.05) is 20.8 Å². The first-order chi connectivity index (χ1) is 18.2. The van der Waals surface area contributed by atoms with Crippen LogP contribution in [0.15, 0.2) is 41.6 Å². The minimum absolute atomic E-state index is 0.0446. The third kappa shape index (κ3) is 5.03. The van der Waals surface area contributed by atoms with Crippen molar-refractivity contribution in [3.63, 3.8) is 0 Å². The lowest BCUT2D eigenvalue weighted by atomic mass is 10.0. The summed E-state index contributed by atoms with van der Waals surface area (Å²) < 4.78 is 17.2. The molecule has 4 aromatic rings. The molecule has 0 aliphatic carbocycles. The van der Waals surface area contributed by atoms with Gasteiger partial charge in [0.15, 0.2) is 5.82 Å². The van der Waals surface area contributed by atoms with Crippen LogP contribution >= 0.6 is 11.3 Å². The van der Waals surface area contributed by atoms with Gasteiger partial charge in [0.1, 0.15) is 11.5 Å². The SMILES string of the molecule is CCN1CCN(C(=O)c2ccc(Nc3ncc(F)c(-c4cc5c(=O)n(C)cc(C(C)C)c5s4)n3)nc2)CC1. The van der Waals surface area contributed by atoms with Crippen LogP contribution in [0.2, 0.25) is 0 Å². The van der Waals surface area contributed by atoms with Crippen molar-refractivity contribution in [1.29, 1.82) is 0 Å². The van der Waals surface area contributed by atoms with Crippen LogP contribution in [0.3, 0.4) is 0 Å². The zero-order valence-electron chi connectivity index (χ0n) is 21.9. The van der Waals surface area contributed by atoms with Crippen LogP contribution in [0, 0.1) is 5.82 Å². The Bertz CT molecular complexity index is 1540. The second-order valence-electron chi connectivity index (χ2n) is 9.68. The molecule has 1 amide bonds. The molecule has 38 heavy (non-hydrogen) atoms. The van der Waals surface area contributed by atoms with Gasteiger partial charge in [-0.3, -0.25) is 9.59 Å². The number of aryl methyl sites for hydroxylation is 1. The van der Waals surface area contributed by atoms with E-state index < -0.39 is 5.82 Å². The quantitative estimate of drug-likeness (QED) is 0.395. The van der Waals surface area contributed by atoms with Crippen molar-refractivity contribution in [3.05, 3.63) is 64.1 Å². The van der Waals surface area contributed by atoms with Gasteiger partial charge >= 0.3 is 0 Å². The number of hydrogen-bond donors (Lipinski definition) is 1. The van der Waals surface area contributed by atoms with Crippen LogP contribution in [0.25, 0.3) is 20.7 Å². The highest BCUT2D eigenvalue weighted by atomic mass is 32.1. The molecule has 0 atom stereocenters. The zero-order chi connectivity index (χ0) is 27.0. The summed E-state index contributed by atoms with van der Waals surface area (Å²) in [6.45, 7) is 10.3. The lowest BCUT2D eigenvalue weighted by molar-refractivity contribution is 0.0643. The van der Waals surface area contributed by atoms with Gasteiger partial charge in [-0.2, -0.15) is 0 Å². The Hall–Kier alpha value is -3.70. The molecule has 0 spiro atoms. The number of carbonyl (C=O) groups excluding carboxylic acids is 1. The lowest BCUT2D eigenvalue weighted by Crippen LogP contribution is -2.48. The molecular weight excluding hydrogens is 505 g/mol. The fourth-order valence-corrected chi connectivity index (χ4v) is 5.87. The maximum absolute atomic E-state index is 14.8. The highest BCUT2D eigenvalue weighted by Gasteiger charge is 2.22. The summed E-state index contributed by atoms with van der Waals surface area (Å²) in [4.78, 5) is 43.1. The van der Waals surface area contributed by atoms with Crippen LogP contribution in [0.5, 0.6) is 0 Å². The molecule has 1 saturated heterocycles. The van der Waals surface area contributed by atoms with Crippen molar-refractivity contribution in [2.24, 2.45) is 7.05 Å². The Morgan fingerprint density at radius 1 is 1.16 bits per heavy atom. The minimum atomic E-state index is -0.581. The predicted molar refractivity (Wildman–Crippen MR) is 148 cm³/mol. The monoisotopic (exact) mass is 535 g/mol. The van der Waals surface area contributed by atoms with Crippen LogP contribution in [-0.2, 0) is 7.05 Å². The van der Waals surface area contributed by atoms with Crippen molar-refractivity contribution < 1.29 is 9.18 Å². The number of likely N-dealkylation sites (N-methyl/N-ethyl adjacent to an activating group) is 1. The molecule has 9 nitrogen and oxygen atoms in total. The van der Waals surface area contributed by atoms with Gasteiger partial charge < -0.3 is 19.7 Å². The van der Waals surface area contributed by atoms with E-state index in [2.05, 4.69) is 45.9 Å². The van der Waals surface area contributed by atoms with E-state index in [0.29, 0.717) is 34.7 Å². The molecule has 0 unspecified atom stereocenters. The number of thiophene rings is 1. The van der Waals surface area contributed by atoms with Crippen molar-refractivity contribution in [3.8, 4) is 10.6 Å². The first-order valence-electron chi connectivity index (χ1n) is 12.7. The molecule has 11 heteroatoms. The third-order valence-corrected chi connectivity index (χ3v) is 8.03. The molecule has 4 aromatic heterocycles. The standard InChI is InChI=1S/C27H30FN7O2S/c1-5-34-8-10-35(11-9-34)25(36)17-6-7-22(29-13-17)31-27-30-14-20(28)23(32-27)21-12-18-24(38-21)19(16(2)3)15-33(4)26(18)37/h6-7,12-16H,5,8-11H2,1-4H3,(H,29,30,31,32).